The van der Waals surface area contributed by atoms with E-state index >= 15 is 0 Å². The maximum atomic E-state index is 12.6. The number of rotatable bonds is 12. The second-order valence-electron chi connectivity index (χ2n) is 10.4. The van der Waals surface area contributed by atoms with E-state index in [0.29, 0.717) is 25.9 Å². The maximum absolute atomic E-state index is 12.6. The van der Waals surface area contributed by atoms with E-state index in [2.05, 4.69) is 46.2 Å². The van der Waals surface area contributed by atoms with Crippen molar-refractivity contribution in [1.82, 2.24) is 0 Å². The van der Waals surface area contributed by atoms with Crippen LogP contribution in [0.25, 0.3) is 0 Å². The van der Waals surface area contributed by atoms with Gasteiger partial charge in [0, 0.05) is 6.92 Å². The summed E-state index contributed by atoms with van der Waals surface area (Å²) in [6, 6.07) is 9.93. The minimum atomic E-state index is -2.14. The Morgan fingerprint density at radius 2 is 1.97 bits per heavy atom. The van der Waals surface area contributed by atoms with Gasteiger partial charge in [0.25, 0.3) is 5.79 Å². The molecule has 1 aromatic rings. The molecule has 1 heterocycles. The third-order valence-electron chi connectivity index (χ3n) is 6.48. The number of benzene rings is 1. The Kier molecular flexibility index (Phi) is 10.4. The molecule has 0 saturated carbocycles. The summed E-state index contributed by atoms with van der Waals surface area (Å²) in [5.41, 5.74) is 3.88. The largest absolute Gasteiger partial charge is 0.427 e. The molecule has 0 aliphatic carbocycles. The van der Waals surface area contributed by atoms with Crippen molar-refractivity contribution in [1.29, 1.82) is 0 Å². The summed E-state index contributed by atoms with van der Waals surface area (Å²) in [4.78, 5) is 24.5. The lowest BCUT2D eigenvalue weighted by Gasteiger charge is -2.41. The molecule has 3 unspecified atom stereocenters. The molecule has 1 aliphatic rings. The molecule has 2 rings (SSSR count). The molecule has 0 fully saturated rings. The minimum Gasteiger partial charge on any atom is -0.427 e. The number of hydrogen-bond donors (Lipinski definition) is 0. The van der Waals surface area contributed by atoms with E-state index in [0.717, 1.165) is 5.56 Å². The third-order valence-corrected chi connectivity index (χ3v) is 11.0. The van der Waals surface area contributed by atoms with Crippen LogP contribution in [0.3, 0.4) is 0 Å². The monoisotopic (exact) mass is 500 g/mol. The lowest BCUT2D eigenvalue weighted by atomic mass is 10.0. The summed E-state index contributed by atoms with van der Waals surface area (Å²) in [5.74, 6) is -2.06. The van der Waals surface area contributed by atoms with E-state index in [1.165, 1.54) is 19.1 Å². The van der Waals surface area contributed by atoms with Gasteiger partial charge in [-0.3, -0.25) is 9.59 Å². The zero-order chi connectivity index (χ0) is 26.1. The Balaban J connectivity index is 2.01. The highest BCUT2D eigenvalue weighted by Gasteiger charge is 2.45. The molecule has 0 N–H and O–H groups in total. The van der Waals surface area contributed by atoms with Crippen LogP contribution in [0.4, 0.5) is 0 Å². The highest BCUT2D eigenvalue weighted by Crippen LogP contribution is 2.38. The van der Waals surface area contributed by atoms with Crippen LogP contribution in [0, 0.1) is 0 Å². The van der Waals surface area contributed by atoms with Crippen molar-refractivity contribution in [2.24, 2.45) is 0 Å². The topological polar surface area (TPSA) is 71.1 Å². The van der Waals surface area contributed by atoms with E-state index in [9.17, 15) is 9.59 Å². The Morgan fingerprint density at radius 1 is 1.29 bits per heavy atom. The van der Waals surface area contributed by atoms with Gasteiger partial charge in [-0.1, -0.05) is 57.7 Å². The number of carbonyl (C=O) groups is 2. The fourth-order valence-corrected chi connectivity index (χ4v) is 4.39. The van der Waals surface area contributed by atoms with Gasteiger partial charge in [-0.25, -0.2) is 0 Å². The predicted molar refractivity (Wildman–Crippen MR) is 139 cm³/mol. The summed E-state index contributed by atoms with van der Waals surface area (Å²) in [7, 11) is -2.14. The fourth-order valence-electron chi connectivity index (χ4n) is 3.39. The van der Waals surface area contributed by atoms with E-state index < -0.39 is 26.2 Å². The smallest absolute Gasteiger partial charge is 0.305 e. The van der Waals surface area contributed by atoms with Crippen molar-refractivity contribution in [3.05, 3.63) is 66.4 Å². The number of ketones is 1. The molecule has 192 valence electrons. The molecule has 0 bridgehead atoms. The molecule has 6 nitrogen and oxygen atoms in total. The summed E-state index contributed by atoms with van der Waals surface area (Å²) < 4.78 is 24.0. The standard InChI is InChI=1S/C28H40O6Si/c1-8-13-24(31-20-23-14-10-9-11-15-23)16-12-17-26-25(30)18-19-28(34-26,33-22(2)29)21-32-35(6,7)27(3,4)5/h9-11,13-15,18-19,24,26H,1,12,16-17,20-21H2,2-7H3. The highest BCUT2D eigenvalue weighted by molar-refractivity contribution is 6.74. The van der Waals surface area contributed by atoms with Crippen LogP contribution in [0.1, 0.15) is 52.5 Å². The van der Waals surface area contributed by atoms with Crippen molar-refractivity contribution in [3.8, 4) is 0 Å². The van der Waals surface area contributed by atoms with Gasteiger partial charge in [-0.2, -0.15) is 0 Å². The molecule has 1 aliphatic heterocycles. The number of hydrogen-bond acceptors (Lipinski definition) is 6. The van der Waals surface area contributed by atoms with Crippen molar-refractivity contribution in [2.45, 2.75) is 89.7 Å². The van der Waals surface area contributed by atoms with Crippen molar-refractivity contribution in [2.75, 3.05) is 6.61 Å². The molecule has 0 spiro atoms. The molecule has 0 aromatic heterocycles. The van der Waals surface area contributed by atoms with E-state index in [1.54, 1.807) is 6.08 Å². The average Bonchev–Trinajstić information content (AvgIpc) is 2.78. The van der Waals surface area contributed by atoms with Crippen LogP contribution in [0.2, 0.25) is 18.1 Å². The van der Waals surface area contributed by atoms with E-state index in [1.807, 2.05) is 30.3 Å². The van der Waals surface area contributed by atoms with Crippen LogP contribution < -0.4 is 0 Å². The normalized spacial score (nSPS) is 21.3. The van der Waals surface area contributed by atoms with Gasteiger partial charge >= 0.3 is 5.97 Å². The highest BCUT2D eigenvalue weighted by atomic mass is 28.4. The fraction of sp³-hybridized carbons (Fsp3) is 0.536. The molecular formula is C28H40O6Si. The number of esters is 1. The van der Waals surface area contributed by atoms with Crippen LogP contribution >= 0.6 is 0 Å². The van der Waals surface area contributed by atoms with Crippen LogP contribution in [-0.2, 0) is 34.8 Å². The molecule has 7 heteroatoms. The van der Waals surface area contributed by atoms with Gasteiger partial charge in [0.05, 0.1) is 12.7 Å². The summed E-state index contributed by atoms with van der Waals surface area (Å²) in [6.45, 7) is 16.2. The quantitative estimate of drug-likeness (QED) is 0.202. The minimum absolute atomic E-state index is 0.0224. The first-order chi connectivity index (χ1) is 16.4. The van der Waals surface area contributed by atoms with Gasteiger partial charge in [0.1, 0.15) is 12.7 Å². The predicted octanol–water partition coefficient (Wildman–Crippen LogP) is 5.89. The molecular weight excluding hydrogens is 460 g/mol. The zero-order valence-electron chi connectivity index (χ0n) is 22.0. The van der Waals surface area contributed by atoms with Crippen molar-refractivity contribution >= 4 is 20.1 Å². The first-order valence-electron chi connectivity index (χ1n) is 12.1. The molecule has 3 atom stereocenters. The van der Waals surface area contributed by atoms with Crippen LogP contribution in [0.5, 0.6) is 0 Å². The Labute approximate surface area is 211 Å². The molecule has 1 aromatic carbocycles. The number of carbonyl (C=O) groups excluding carboxylic acids is 2. The van der Waals surface area contributed by atoms with Gasteiger partial charge in [-0.15, -0.1) is 5.73 Å². The summed E-state index contributed by atoms with van der Waals surface area (Å²) in [5, 5.41) is -0.0224. The van der Waals surface area contributed by atoms with Gasteiger partial charge in [-0.05, 0) is 61.2 Å². The van der Waals surface area contributed by atoms with Crippen LogP contribution in [-0.4, -0.2) is 44.7 Å². The molecule has 0 amide bonds. The van der Waals surface area contributed by atoms with Crippen molar-refractivity contribution in [3.63, 3.8) is 0 Å². The van der Waals surface area contributed by atoms with Gasteiger partial charge in [0.15, 0.2) is 14.1 Å². The van der Waals surface area contributed by atoms with Crippen LogP contribution in [0.15, 0.2) is 60.9 Å². The Morgan fingerprint density at radius 3 is 2.57 bits per heavy atom. The zero-order valence-corrected chi connectivity index (χ0v) is 23.0. The van der Waals surface area contributed by atoms with E-state index in [-0.39, 0.29) is 23.5 Å². The molecule has 35 heavy (non-hydrogen) atoms. The Hall–Kier alpha value is -2.28. The number of ether oxygens (including phenoxy) is 3. The summed E-state index contributed by atoms with van der Waals surface area (Å²) >= 11 is 0. The average molecular weight is 501 g/mol. The second-order valence-corrected chi connectivity index (χ2v) is 15.2. The lowest BCUT2D eigenvalue weighted by Crippen LogP contribution is -2.52. The molecule has 0 radical (unpaired) electrons. The maximum Gasteiger partial charge on any atom is 0.305 e. The van der Waals surface area contributed by atoms with E-state index in [4.69, 9.17) is 18.6 Å². The second kappa shape index (κ2) is 12.6. The summed E-state index contributed by atoms with van der Waals surface area (Å²) in [6.07, 6.45) is 5.64. The third kappa shape index (κ3) is 9.02. The first kappa shape index (κ1) is 29.0. The van der Waals surface area contributed by atoms with Crippen molar-refractivity contribution < 1.29 is 28.2 Å². The molecule has 0 saturated heterocycles. The SMILES string of the molecule is C=C=CC(CCCC1OC(CO[Si](C)(C)C(C)(C)C)(OC(C)=O)C=CC1=O)OCc1ccccc1. The lowest BCUT2D eigenvalue weighted by molar-refractivity contribution is -0.237. The first-order valence-corrected chi connectivity index (χ1v) is 15.0. The van der Waals surface area contributed by atoms with Gasteiger partial charge in [0.2, 0.25) is 0 Å². The Bertz CT molecular complexity index is 927. The van der Waals surface area contributed by atoms with Gasteiger partial charge < -0.3 is 18.6 Å².